The van der Waals surface area contributed by atoms with Crippen molar-refractivity contribution in [3.05, 3.63) is 48.5 Å². The van der Waals surface area contributed by atoms with E-state index in [2.05, 4.69) is 0 Å². The van der Waals surface area contributed by atoms with E-state index in [1.807, 2.05) is 48.5 Å². The largest absolute Gasteiger partial charge is 0.491 e. The normalized spacial score (nSPS) is 16.1. The molecule has 0 amide bonds. The van der Waals surface area contributed by atoms with Crippen LogP contribution in [0.4, 0.5) is 0 Å². The third-order valence-corrected chi connectivity index (χ3v) is 3.61. The molecule has 5 heteroatoms. The fourth-order valence-electron chi connectivity index (χ4n) is 2.37. The van der Waals surface area contributed by atoms with Crippen molar-refractivity contribution in [3.63, 3.8) is 0 Å². The standard InChI is InChI=1S/C19H22O5/c1-14(20)12-23-17-6-2-15(3-7-17)16-4-8-18(9-5-16)24-13-19-21-10-11-22-19/h2-9,14,19-20H,10-13H2,1H3. The Labute approximate surface area is 141 Å². The zero-order chi connectivity index (χ0) is 16.8. The Morgan fingerprint density at radius 3 is 1.92 bits per heavy atom. The number of hydrogen-bond acceptors (Lipinski definition) is 5. The summed E-state index contributed by atoms with van der Waals surface area (Å²) in [5.74, 6) is 1.53. The molecule has 1 aliphatic rings. The SMILES string of the molecule is CC(O)COc1ccc(-c2ccc(OCC3OCCO3)cc2)cc1. The van der Waals surface area contributed by atoms with E-state index in [1.54, 1.807) is 6.92 Å². The molecular formula is C19H22O5. The molecule has 1 atom stereocenters. The van der Waals surface area contributed by atoms with E-state index in [0.717, 1.165) is 22.6 Å². The van der Waals surface area contributed by atoms with Gasteiger partial charge in [0, 0.05) is 0 Å². The van der Waals surface area contributed by atoms with Crippen LogP contribution in [0.5, 0.6) is 11.5 Å². The van der Waals surface area contributed by atoms with Crippen LogP contribution in [0, 0.1) is 0 Å². The zero-order valence-corrected chi connectivity index (χ0v) is 13.7. The number of rotatable bonds is 7. The number of hydrogen-bond donors (Lipinski definition) is 1. The summed E-state index contributed by atoms with van der Waals surface area (Å²) < 4.78 is 21.8. The van der Waals surface area contributed by atoms with Crippen molar-refractivity contribution in [2.24, 2.45) is 0 Å². The van der Waals surface area contributed by atoms with Crippen LogP contribution in [0.1, 0.15) is 6.92 Å². The quantitative estimate of drug-likeness (QED) is 0.846. The van der Waals surface area contributed by atoms with Crippen LogP contribution in [0.2, 0.25) is 0 Å². The summed E-state index contributed by atoms with van der Waals surface area (Å²) in [4.78, 5) is 0. The molecule has 1 N–H and O–H groups in total. The van der Waals surface area contributed by atoms with E-state index < -0.39 is 6.10 Å². The smallest absolute Gasteiger partial charge is 0.191 e. The summed E-state index contributed by atoms with van der Waals surface area (Å²) in [5.41, 5.74) is 2.19. The maximum Gasteiger partial charge on any atom is 0.191 e. The minimum Gasteiger partial charge on any atom is -0.491 e. The van der Waals surface area contributed by atoms with Crippen molar-refractivity contribution in [2.45, 2.75) is 19.3 Å². The maximum atomic E-state index is 9.23. The predicted octanol–water partition coefficient (Wildman–Crippen LogP) is 2.86. The van der Waals surface area contributed by atoms with Gasteiger partial charge in [-0.3, -0.25) is 0 Å². The molecule has 3 rings (SSSR count). The van der Waals surface area contributed by atoms with Crippen LogP contribution in [-0.2, 0) is 9.47 Å². The van der Waals surface area contributed by atoms with Crippen LogP contribution >= 0.6 is 0 Å². The molecule has 1 heterocycles. The predicted molar refractivity (Wildman–Crippen MR) is 90.2 cm³/mol. The summed E-state index contributed by atoms with van der Waals surface area (Å²) in [6, 6.07) is 15.7. The first-order valence-electron chi connectivity index (χ1n) is 8.08. The van der Waals surface area contributed by atoms with Gasteiger partial charge in [0.05, 0.1) is 19.3 Å². The fourth-order valence-corrected chi connectivity index (χ4v) is 2.37. The van der Waals surface area contributed by atoms with Gasteiger partial charge < -0.3 is 24.1 Å². The molecule has 0 spiro atoms. The van der Waals surface area contributed by atoms with E-state index in [4.69, 9.17) is 18.9 Å². The lowest BCUT2D eigenvalue weighted by molar-refractivity contribution is -0.0684. The molecule has 2 aromatic rings. The van der Waals surface area contributed by atoms with Gasteiger partial charge in [0.2, 0.25) is 0 Å². The summed E-state index contributed by atoms with van der Waals surface area (Å²) in [5, 5.41) is 9.23. The van der Waals surface area contributed by atoms with E-state index in [-0.39, 0.29) is 6.29 Å². The summed E-state index contributed by atoms with van der Waals surface area (Å²) in [6.45, 7) is 3.64. The molecule has 1 saturated heterocycles. The second kappa shape index (κ2) is 8.15. The Hall–Kier alpha value is -2.08. The monoisotopic (exact) mass is 330 g/mol. The number of aliphatic hydroxyl groups is 1. The Balaban J connectivity index is 1.56. The highest BCUT2D eigenvalue weighted by atomic mass is 16.7. The topological polar surface area (TPSA) is 57.2 Å². The lowest BCUT2D eigenvalue weighted by atomic mass is 10.1. The van der Waals surface area contributed by atoms with Gasteiger partial charge in [-0.05, 0) is 42.3 Å². The molecule has 0 aromatic heterocycles. The molecule has 128 valence electrons. The lowest BCUT2D eigenvalue weighted by Crippen LogP contribution is -2.18. The zero-order valence-electron chi connectivity index (χ0n) is 13.7. The number of ether oxygens (including phenoxy) is 4. The van der Waals surface area contributed by atoms with Crippen LogP contribution in [0.15, 0.2) is 48.5 Å². The van der Waals surface area contributed by atoms with Crippen molar-refractivity contribution >= 4 is 0 Å². The van der Waals surface area contributed by atoms with E-state index in [1.165, 1.54) is 0 Å². The number of benzene rings is 2. The summed E-state index contributed by atoms with van der Waals surface area (Å²) in [6.07, 6.45) is -0.740. The van der Waals surface area contributed by atoms with Crippen LogP contribution in [0.3, 0.4) is 0 Å². The molecule has 5 nitrogen and oxygen atoms in total. The van der Waals surface area contributed by atoms with E-state index in [9.17, 15) is 5.11 Å². The molecular weight excluding hydrogens is 308 g/mol. The van der Waals surface area contributed by atoms with Gasteiger partial charge in [0.15, 0.2) is 6.29 Å². The lowest BCUT2D eigenvalue weighted by Gasteiger charge is -2.12. The highest BCUT2D eigenvalue weighted by molar-refractivity contribution is 5.64. The second-order valence-electron chi connectivity index (χ2n) is 5.69. The Bertz CT molecular complexity index is 615. The second-order valence-corrected chi connectivity index (χ2v) is 5.69. The molecule has 24 heavy (non-hydrogen) atoms. The Morgan fingerprint density at radius 1 is 0.917 bits per heavy atom. The first-order valence-corrected chi connectivity index (χ1v) is 8.08. The molecule has 1 fully saturated rings. The minimum atomic E-state index is -0.475. The van der Waals surface area contributed by atoms with Gasteiger partial charge in [-0.2, -0.15) is 0 Å². The van der Waals surface area contributed by atoms with Crippen LogP contribution in [-0.4, -0.2) is 43.9 Å². The van der Waals surface area contributed by atoms with Crippen LogP contribution < -0.4 is 9.47 Å². The van der Waals surface area contributed by atoms with Crippen molar-refractivity contribution in [1.82, 2.24) is 0 Å². The van der Waals surface area contributed by atoms with Crippen molar-refractivity contribution < 1.29 is 24.1 Å². The number of aliphatic hydroxyl groups excluding tert-OH is 1. The molecule has 0 bridgehead atoms. The summed E-state index contributed by atoms with van der Waals surface area (Å²) in [7, 11) is 0. The van der Waals surface area contributed by atoms with Gasteiger partial charge in [-0.15, -0.1) is 0 Å². The fraction of sp³-hybridized carbons (Fsp3) is 0.368. The van der Waals surface area contributed by atoms with Gasteiger partial charge in [-0.25, -0.2) is 0 Å². The van der Waals surface area contributed by atoms with Gasteiger partial charge in [-0.1, -0.05) is 24.3 Å². The third-order valence-electron chi connectivity index (χ3n) is 3.61. The highest BCUT2D eigenvalue weighted by Gasteiger charge is 2.16. The average Bonchev–Trinajstić information content (AvgIpc) is 3.13. The van der Waals surface area contributed by atoms with Crippen molar-refractivity contribution in [3.8, 4) is 22.6 Å². The third kappa shape index (κ3) is 4.71. The molecule has 1 aliphatic heterocycles. The van der Waals surface area contributed by atoms with Crippen molar-refractivity contribution in [1.29, 1.82) is 0 Å². The van der Waals surface area contributed by atoms with Gasteiger partial charge in [0.25, 0.3) is 0 Å². The molecule has 0 aliphatic carbocycles. The van der Waals surface area contributed by atoms with Crippen LogP contribution in [0.25, 0.3) is 11.1 Å². The van der Waals surface area contributed by atoms with Gasteiger partial charge in [0.1, 0.15) is 24.7 Å². The maximum absolute atomic E-state index is 9.23. The average molecular weight is 330 g/mol. The molecule has 2 aromatic carbocycles. The van der Waals surface area contributed by atoms with E-state index >= 15 is 0 Å². The minimum absolute atomic E-state index is 0.265. The van der Waals surface area contributed by atoms with Gasteiger partial charge >= 0.3 is 0 Å². The summed E-state index contributed by atoms with van der Waals surface area (Å²) >= 11 is 0. The first-order chi connectivity index (χ1) is 11.7. The Morgan fingerprint density at radius 2 is 1.42 bits per heavy atom. The van der Waals surface area contributed by atoms with E-state index in [0.29, 0.717) is 26.4 Å². The highest BCUT2D eigenvalue weighted by Crippen LogP contribution is 2.25. The molecule has 0 radical (unpaired) electrons. The van der Waals surface area contributed by atoms with Crippen molar-refractivity contribution in [2.75, 3.05) is 26.4 Å². The molecule has 1 unspecified atom stereocenters. The first kappa shape index (κ1) is 16.8. The Kier molecular flexibility index (Phi) is 5.69. The molecule has 0 saturated carbocycles.